The Morgan fingerprint density at radius 2 is 2.04 bits per heavy atom. The first kappa shape index (κ1) is 19.0. The lowest BCUT2D eigenvalue weighted by molar-refractivity contribution is -0.137. The molecule has 3 N–H and O–H groups in total. The molecule has 134 valence electrons. The van der Waals surface area contributed by atoms with E-state index in [1.807, 2.05) is 25.1 Å². The molecule has 1 fully saturated rings. The van der Waals surface area contributed by atoms with Crippen molar-refractivity contribution in [1.82, 2.24) is 5.32 Å². The third kappa shape index (κ3) is 3.39. The van der Waals surface area contributed by atoms with Gasteiger partial charge >= 0.3 is 0 Å². The molecule has 6 heteroatoms. The fourth-order valence-electron chi connectivity index (χ4n) is 3.65. The van der Waals surface area contributed by atoms with Gasteiger partial charge in [-0.15, -0.1) is 12.4 Å². The maximum Gasteiger partial charge on any atom is 0.228 e. The SMILES string of the molecule is CC(NC(=O)C1(CN)CCOCC1)C1Oc2ccccc2C1C.Cl. The third-order valence-electron chi connectivity index (χ3n) is 5.34. The van der Waals surface area contributed by atoms with Gasteiger partial charge in [0, 0.05) is 31.2 Å². The van der Waals surface area contributed by atoms with Gasteiger partial charge in [-0.25, -0.2) is 0 Å². The molecule has 1 aromatic carbocycles. The summed E-state index contributed by atoms with van der Waals surface area (Å²) in [5, 5.41) is 3.15. The number of amides is 1. The van der Waals surface area contributed by atoms with E-state index in [1.165, 1.54) is 5.56 Å². The Balaban J connectivity index is 0.00000208. The highest BCUT2D eigenvalue weighted by Gasteiger charge is 2.42. The number of nitrogens with two attached hydrogens (primary N) is 1. The Bertz CT molecular complexity index is 575. The second-order valence-corrected chi connectivity index (χ2v) is 6.77. The topological polar surface area (TPSA) is 73.6 Å². The van der Waals surface area contributed by atoms with E-state index in [4.69, 9.17) is 15.2 Å². The molecule has 1 amide bonds. The smallest absolute Gasteiger partial charge is 0.228 e. The Morgan fingerprint density at radius 1 is 1.38 bits per heavy atom. The Hall–Kier alpha value is -1.30. The maximum absolute atomic E-state index is 12.8. The second kappa shape index (κ2) is 7.72. The zero-order chi connectivity index (χ0) is 16.4. The molecule has 0 bridgehead atoms. The largest absolute Gasteiger partial charge is 0.487 e. The van der Waals surface area contributed by atoms with Crippen LogP contribution in [0.2, 0.25) is 0 Å². The van der Waals surface area contributed by atoms with Gasteiger partial charge in [0.2, 0.25) is 5.91 Å². The highest BCUT2D eigenvalue weighted by atomic mass is 35.5. The van der Waals surface area contributed by atoms with Crippen molar-refractivity contribution in [2.45, 2.75) is 44.8 Å². The molecule has 2 aliphatic heterocycles. The quantitative estimate of drug-likeness (QED) is 0.869. The molecule has 0 radical (unpaired) electrons. The van der Waals surface area contributed by atoms with Crippen LogP contribution in [0.25, 0.3) is 0 Å². The molecule has 5 nitrogen and oxygen atoms in total. The minimum atomic E-state index is -0.499. The Kier molecular flexibility index (Phi) is 6.12. The first-order chi connectivity index (χ1) is 11.1. The summed E-state index contributed by atoms with van der Waals surface area (Å²) < 4.78 is 11.4. The lowest BCUT2D eigenvalue weighted by Crippen LogP contribution is -2.54. The number of rotatable bonds is 4. The summed E-state index contributed by atoms with van der Waals surface area (Å²) in [6.45, 7) is 5.71. The van der Waals surface area contributed by atoms with E-state index < -0.39 is 5.41 Å². The molecule has 0 aromatic heterocycles. The van der Waals surface area contributed by atoms with Gasteiger partial charge < -0.3 is 20.5 Å². The van der Waals surface area contributed by atoms with E-state index in [2.05, 4.69) is 18.3 Å². The molecule has 0 aliphatic carbocycles. The summed E-state index contributed by atoms with van der Waals surface area (Å²) in [5.41, 5.74) is 6.62. The Labute approximate surface area is 149 Å². The summed E-state index contributed by atoms with van der Waals surface area (Å²) in [7, 11) is 0. The molecule has 2 heterocycles. The van der Waals surface area contributed by atoms with Crippen LogP contribution in [0.5, 0.6) is 5.75 Å². The zero-order valence-electron chi connectivity index (χ0n) is 14.3. The molecular formula is C18H27ClN2O3. The highest BCUT2D eigenvalue weighted by molar-refractivity contribution is 5.85. The number of nitrogens with one attached hydrogen (secondary N) is 1. The molecule has 3 atom stereocenters. The summed E-state index contributed by atoms with van der Waals surface area (Å²) in [4.78, 5) is 12.8. The van der Waals surface area contributed by atoms with Gasteiger partial charge in [-0.2, -0.15) is 0 Å². The number of carbonyl (C=O) groups is 1. The van der Waals surface area contributed by atoms with Gasteiger partial charge in [0.05, 0.1) is 11.5 Å². The minimum Gasteiger partial charge on any atom is -0.487 e. The molecule has 1 aromatic rings. The maximum atomic E-state index is 12.8. The lowest BCUT2D eigenvalue weighted by Gasteiger charge is -2.36. The van der Waals surface area contributed by atoms with Crippen molar-refractivity contribution < 1.29 is 14.3 Å². The van der Waals surface area contributed by atoms with Crippen LogP contribution < -0.4 is 15.8 Å². The number of halogens is 1. The lowest BCUT2D eigenvalue weighted by atomic mass is 9.79. The van der Waals surface area contributed by atoms with Crippen LogP contribution in [0.4, 0.5) is 0 Å². The number of fused-ring (bicyclic) bond motifs is 1. The van der Waals surface area contributed by atoms with Gasteiger partial charge in [-0.05, 0) is 25.8 Å². The number of hydrogen-bond acceptors (Lipinski definition) is 4. The highest BCUT2D eigenvalue weighted by Crippen LogP contribution is 2.39. The molecule has 0 spiro atoms. The Morgan fingerprint density at radius 3 is 2.67 bits per heavy atom. The van der Waals surface area contributed by atoms with Crippen molar-refractivity contribution in [1.29, 1.82) is 0 Å². The van der Waals surface area contributed by atoms with Gasteiger partial charge in [-0.1, -0.05) is 25.1 Å². The second-order valence-electron chi connectivity index (χ2n) is 6.77. The zero-order valence-corrected chi connectivity index (χ0v) is 15.1. The van der Waals surface area contributed by atoms with Crippen LogP contribution in [0, 0.1) is 5.41 Å². The fourth-order valence-corrected chi connectivity index (χ4v) is 3.65. The van der Waals surface area contributed by atoms with Crippen molar-refractivity contribution in [3.63, 3.8) is 0 Å². The first-order valence-corrected chi connectivity index (χ1v) is 8.42. The molecule has 3 unspecified atom stereocenters. The average Bonchev–Trinajstić information content (AvgIpc) is 2.93. The normalized spacial score (nSPS) is 25.8. The van der Waals surface area contributed by atoms with E-state index >= 15 is 0 Å². The number of hydrogen-bond donors (Lipinski definition) is 2. The van der Waals surface area contributed by atoms with Gasteiger partial charge in [0.1, 0.15) is 11.9 Å². The van der Waals surface area contributed by atoms with E-state index in [0.29, 0.717) is 32.6 Å². The van der Waals surface area contributed by atoms with Crippen molar-refractivity contribution in [3.8, 4) is 5.75 Å². The minimum absolute atomic E-state index is 0. The molecule has 2 aliphatic rings. The fraction of sp³-hybridized carbons (Fsp3) is 0.611. The van der Waals surface area contributed by atoms with E-state index in [1.54, 1.807) is 0 Å². The summed E-state index contributed by atoms with van der Waals surface area (Å²) in [6, 6.07) is 8.00. The van der Waals surface area contributed by atoms with Crippen molar-refractivity contribution in [2.75, 3.05) is 19.8 Å². The number of benzene rings is 1. The van der Waals surface area contributed by atoms with Crippen LogP contribution >= 0.6 is 12.4 Å². The molecule has 3 rings (SSSR count). The average molecular weight is 355 g/mol. The van der Waals surface area contributed by atoms with Crippen LogP contribution in [-0.2, 0) is 9.53 Å². The standard InChI is InChI=1S/C18H26N2O3.ClH/c1-12-14-5-3-4-6-15(14)23-16(12)13(2)20-17(21)18(11-19)7-9-22-10-8-18;/h3-6,12-13,16H,7-11,19H2,1-2H3,(H,20,21);1H. The van der Waals surface area contributed by atoms with E-state index in [9.17, 15) is 4.79 Å². The number of carbonyl (C=O) groups excluding carboxylic acids is 1. The predicted octanol–water partition coefficient (Wildman–Crippen LogP) is 2.23. The molecule has 1 saturated heterocycles. The molecule has 24 heavy (non-hydrogen) atoms. The van der Waals surface area contributed by atoms with E-state index in [-0.39, 0.29) is 36.4 Å². The van der Waals surface area contributed by atoms with Crippen molar-refractivity contribution in [2.24, 2.45) is 11.1 Å². The van der Waals surface area contributed by atoms with Crippen LogP contribution in [-0.4, -0.2) is 37.8 Å². The van der Waals surface area contributed by atoms with Gasteiger partial charge in [-0.3, -0.25) is 4.79 Å². The van der Waals surface area contributed by atoms with E-state index in [0.717, 1.165) is 5.75 Å². The van der Waals surface area contributed by atoms with Crippen molar-refractivity contribution in [3.05, 3.63) is 29.8 Å². The first-order valence-electron chi connectivity index (χ1n) is 8.42. The third-order valence-corrected chi connectivity index (χ3v) is 5.34. The van der Waals surface area contributed by atoms with Gasteiger partial charge in [0.15, 0.2) is 0 Å². The molecular weight excluding hydrogens is 328 g/mol. The summed E-state index contributed by atoms with van der Waals surface area (Å²) >= 11 is 0. The van der Waals surface area contributed by atoms with Crippen LogP contribution in [0.1, 0.15) is 38.2 Å². The monoisotopic (exact) mass is 354 g/mol. The molecule has 0 saturated carbocycles. The summed E-state index contributed by atoms with van der Waals surface area (Å²) in [5.74, 6) is 1.21. The van der Waals surface area contributed by atoms with Crippen molar-refractivity contribution >= 4 is 18.3 Å². The summed E-state index contributed by atoms with van der Waals surface area (Å²) in [6.07, 6.45) is 1.32. The predicted molar refractivity (Wildman–Crippen MR) is 95.7 cm³/mol. The number of para-hydroxylation sites is 1. The van der Waals surface area contributed by atoms with Crippen LogP contribution in [0.3, 0.4) is 0 Å². The van der Waals surface area contributed by atoms with Gasteiger partial charge in [0.25, 0.3) is 0 Å². The van der Waals surface area contributed by atoms with Crippen LogP contribution in [0.15, 0.2) is 24.3 Å². The number of ether oxygens (including phenoxy) is 2.